The Morgan fingerprint density at radius 2 is 1.95 bits per heavy atom. The lowest BCUT2D eigenvalue weighted by atomic mass is 10.0. The minimum Gasteiger partial charge on any atom is -0.371 e. The molecule has 1 saturated heterocycles. The fourth-order valence-corrected chi connectivity index (χ4v) is 2.63. The third kappa shape index (κ3) is 3.42. The van der Waals surface area contributed by atoms with Crippen molar-refractivity contribution in [2.75, 3.05) is 38.1 Å². The Hall–Kier alpha value is -1.20. The summed E-state index contributed by atoms with van der Waals surface area (Å²) in [7, 11) is 1.94. The van der Waals surface area contributed by atoms with Crippen LogP contribution in [0.3, 0.4) is 0 Å². The van der Waals surface area contributed by atoms with Crippen molar-refractivity contribution in [2.24, 2.45) is 5.73 Å². The maximum absolute atomic E-state index is 13.2. The Bertz CT molecular complexity index is 417. The van der Waals surface area contributed by atoms with Crippen LogP contribution in [0.15, 0.2) is 18.2 Å². The van der Waals surface area contributed by atoms with Crippen LogP contribution < -0.4 is 10.6 Å². The highest BCUT2D eigenvalue weighted by Gasteiger charge is 2.22. The lowest BCUT2D eigenvalue weighted by molar-refractivity contribution is 0.216. The van der Waals surface area contributed by atoms with Crippen molar-refractivity contribution in [3.63, 3.8) is 0 Å². The molecule has 0 aliphatic carbocycles. The maximum Gasteiger partial charge on any atom is 0.160 e. The number of piperidine rings is 1. The Labute approximate surface area is 113 Å². The largest absolute Gasteiger partial charge is 0.371 e. The van der Waals surface area contributed by atoms with Gasteiger partial charge in [0, 0.05) is 51.0 Å². The van der Waals surface area contributed by atoms with E-state index >= 15 is 0 Å². The summed E-state index contributed by atoms with van der Waals surface area (Å²) in [6.45, 7) is 3.64. The van der Waals surface area contributed by atoms with Gasteiger partial charge >= 0.3 is 0 Å². The molecule has 3 nitrogen and oxygen atoms in total. The van der Waals surface area contributed by atoms with Gasteiger partial charge < -0.3 is 15.5 Å². The van der Waals surface area contributed by atoms with Crippen LogP contribution in [0.5, 0.6) is 0 Å². The van der Waals surface area contributed by atoms with Gasteiger partial charge in [0.25, 0.3) is 0 Å². The number of anilines is 1. The van der Waals surface area contributed by atoms with Crippen LogP contribution in [0, 0.1) is 11.6 Å². The maximum atomic E-state index is 13.2. The van der Waals surface area contributed by atoms with E-state index in [0.29, 0.717) is 12.6 Å². The van der Waals surface area contributed by atoms with Gasteiger partial charge in [0.05, 0.1) is 0 Å². The van der Waals surface area contributed by atoms with E-state index in [9.17, 15) is 8.78 Å². The summed E-state index contributed by atoms with van der Waals surface area (Å²) in [4.78, 5) is 4.39. The van der Waals surface area contributed by atoms with E-state index in [-0.39, 0.29) is 0 Å². The molecule has 0 radical (unpaired) electrons. The van der Waals surface area contributed by atoms with Gasteiger partial charge in [0.1, 0.15) is 0 Å². The van der Waals surface area contributed by atoms with E-state index in [1.165, 1.54) is 12.1 Å². The SMILES string of the molecule is CN(c1ccc(F)c(F)c1)C1CCN(CCN)CC1. The minimum absolute atomic E-state index is 0.374. The van der Waals surface area contributed by atoms with Crippen molar-refractivity contribution in [2.45, 2.75) is 18.9 Å². The fourth-order valence-electron chi connectivity index (χ4n) is 2.63. The average molecular weight is 269 g/mol. The molecular weight excluding hydrogens is 248 g/mol. The van der Waals surface area contributed by atoms with Gasteiger partial charge in [-0.05, 0) is 25.0 Å². The molecule has 0 atom stereocenters. The monoisotopic (exact) mass is 269 g/mol. The summed E-state index contributed by atoms with van der Waals surface area (Å²) in [5, 5.41) is 0. The van der Waals surface area contributed by atoms with Crippen LogP contribution in [0.4, 0.5) is 14.5 Å². The Kier molecular flexibility index (Phi) is 4.71. The Balaban J connectivity index is 1.97. The number of halogens is 2. The summed E-state index contributed by atoms with van der Waals surface area (Å²) < 4.78 is 26.2. The highest BCUT2D eigenvalue weighted by atomic mass is 19.2. The predicted octanol–water partition coefficient (Wildman–Crippen LogP) is 1.82. The molecule has 0 bridgehead atoms. The second-order valence-electron chi connectivity index (χ2n) is 5.07. The number of hydrogen-bond donors (Lipinski definition) is 1. The molecule has 106 valence electrons. The van der Waals surface area contributed by atoms with E-state index in [1.54, 1.807) is 6.07 Å². The van der Waals surface area contributed by atoms with E-state index in [1.807, 2.05) is 11.9 Å². The molecule has 0 aromatic heterocycles. The zero-order chi connectivity index (χ0) is 13.8. The third-order valence-corrected chi connectivity index (χ3v) is 3.86. The lowest BCUT2D eigenvalue weighted by Crippen LogP contribution is -2.44. The van der Waals surface area contributed by atoms with Crippen LogP contribution in [0.1, 0.15) is 12.8 Å². The highest BCUT2D eigenvalue weighted by Crippen LogP contribution is 2.23. The topological polar surface area (TPSA) is 32.5 Å². The zero-order valence-electron chi connectivity index (χ0n) is 11.3. The van der Waals surface area contributed by atoms with Crippen molar-refractivity contribution in [3.05, 3.63) is 29.8 Å². The molecule has 2 rings (SSSR count). The van der Waals surface area contributed by atoms with E-state index in [2.05, 4.69) is 4.90 Å². The first kappa shape index (κ1) is 14.2. The smallest absolute Gasteiger partial charge is 0.160 e. The van der Waals surface area contributed by atoms with Gasteiger partial charge in [-0.25, -0.2) is 8.78 Å². The van der Waals surface area contributed by atoms with Crippen LogP contribution in [0.2, 0.25) is 0 Å². The molecule has 0 unspecified atom stereocenters. The molecule has 1 aromatic rings. The van der Waals surface area contributed by atoms with E-state index in [4.69, 9.17) is 5.73 Å². The van der Waals surface area contributed by atoms with Crippen LogP contribution >= 0.6 is 0 Å². The second-order valence-corrected chi connectivity index (χ2v) is 5.07. The molecule has 0 spiro atoms. The molecule has 1 fully saturated rings. The molecule has 1 aliphatic heterocycles. The van der Waals surface area contributed by atoms with Crippen LogP contribution in [0.25, 0.3) is 0 Å². The first-order valence-corrected chi connectivity index (χ1v) is 6.72. The van der Waals surface area contributed by atoms with Crippen LogP contribution in [-0.2, 0) is 0 Å². The number of rotatable bonds is 4. The first-order chi connectivity index (χ1) is 9.11. The van der Waals surface area contributed by atoms with Gasteiger partial charge in [-0.1, -0.05) is 0 Å². The van der Waals surface area contributed by atoms with Gasteiger partial charge in [-0.2, -0.15) is 0 Å². The molecule has 0 saturated carbocycles. The minimum atomic E-state index is -0.796. The first-order valence-electron chi connectivity index (χ1n) is 6.72. The molecule has 1 aromatic carbocycles. The molecule has 1 aliphatic rings. The van der Waals surface area contributed by atoms with Gasteiger partial charge in [-0.3, -0.25) is 0 Å². The van der Waals surface area contributed by atoms with Crippen molar-refractivity contribution >= 4 is 5.69 Å². The second kappa shape index (κ2) is 6.30. The molecule has 2 N–H and O–H groups in total. The van der Waals surface area contributed by atoms with Crippen molar-refractivity contribution < 1.29 is 8.78 Å². The molecular formula is C14H21F2N3. The van der Waals surface area contributed by atoms with Crippen molar-refractivity contribution in [1.29, 1.82) is 0 Å². The summed E-state index contributed by atoms with van der Waals surface area (Å²) in [5.74, 6) is -1.58. The fraction of sp³-hybridized carbons (Fsp3) is 0.571. The van der Waals surface area contributed by atoms with Crippen LogP contribution in [-0.4, -0.2) is 44.2 Å². The Morgan fingerprint density at radius 3 is 2.53 bits per heavy atom. The summed E-state index contributed by atoms with van der Waals surface area (Å²) in [6.07, 6.45) is 2.05. The van der Waals surface area contributed by atoms with Gasteiger partial charge in [0.15, 0.2) is 11.6 Å². The van der Waals surface area contributed by atoms with Gasteiger partial charge in [-0.15, -0.1) is 0 Å². The lowest BCUT2D eigenvalue weighted by Gasteiger charge is -2.37. The number of likely N-dealkylation sites (tertiary alicyclic amines) is 1. The average Bonchev–Trinajstić information content (AvgIpc) is 2.42. The highest BCUT2D eigenvalue weighted by molar-refractivity contribution is 5.47. The summed E-state index contributed by atoms with van der Waals surface area (Å²) >= 11 is 0. The summed E-state index contributed by atoms with van der Waals surface area (Å²) in [5.41, 5.74) is 6.28. The Morgan fingerprint density at radius 1 is 1.26 bits per heavy atom. The molecule has 5 heteroatoms. The zero-order valence-corrected chi connectivity index (χ0v) is 11.3. The van der Waals surface area contributed by atoms with Crippen molar-refractivity contribution in [1.82, 2.24) is 4.90 Å². The molecule has 1 heterocycles. The van der Waals surface area contributed by atoms with Crippen molar-refractivity contribution in [3.8, 4) is 0 Å². The third-order valence-electron chi connectivity index (χ3n) is 3.86. The number of hydrogen-bond acceptors (Lipinski definition) is 3. The molecule has 0 amide bonds. The van der Waals surface area contributed by atoms with E-state index < -0.39 is 11.6 Å². The van der Waals surface area contributed by atoms with E-state index in [0.717, 1.165) is 38.2 Å². The normalized spacial score (nSPS) is 17.7. The number of benzene rings is 1. The number of nitrogens with two attached hydrogens (primary N) is 1. The molecule has 19 heavy (non-hydrogen) atoms. The summed E-state index contributed by atoms with van der Waals surface area (Å²) in [6, 6.07) is 4.45. The number of nitrogens with zero attached hydrogens (tertiary/aromatic N) is 2. The van der Waals surface area contributed by atoms with Gasteiger partial charge in [0.2, 0.25) is 0 Å². The standard InChI is InChI=1S/C14H21F2N3/c1-18(12-2-3-13(15)14(16)10-12)11-4-7-19(8-5-11)9-6-17/h2-3,10-11H,4-9,17H2,1H3. The predicted molar refractivity (Wildman–Crippen MR) is 73.3 cm³/mol. The quantitative estimate of drug-likeness (QED) is 0.905.